The minimum Gasteiger partial charge on any atom is -0.395 e. The molecule has 1 aliphatic rings. The maximum Gasteiger partial charge on any atom is 0.243 e. The fourth-order valence-electron chi connectivity index (χ4n) is 2.61. The second kappa shape index (κ2) is 5.79. The number of fused-ring (bicyclic) bond motifs is 1. The molecule has 6 nitrogen and oxygen atoms in total. The summed E-state index contributed by atoms with van der Waals surface area (Å²) in [7, 11) is -3.82. The highest BCUT2D eigenvalue weighted by Gasteiger charge is 2.34. The molecule has 22 heavy (non-hydrogen) atoms. The zero-order valence-corrected chi connectivity index (χ0v) is 12.6. The Morgan fingerprint density at radius 3 is 2.68 bits per heavy atom. The molecular formula is C14H16FN3O3S. The van der Waals surface area contributed by atoms with Crippen molar-refractivity contribution in [1.82, 2.24) is 14.1 Å². The predicted molar refractivity (Wildman–Crippen MR) is 76.8 cm³/mol. The first kappa shape index (κ1) is 15.1. The molecule has 0 saturated carbocycles. The first-order valence-electron chi connectivity index (χ1n) is 6.91. The summed E-state index contributed by atoms with van der Waals surface area (Å²) in [5, 5.41) is 13.7. The van der Waals surface area contributed by atoms with Gasteiger partial charge in [0.15, 0.2) is 0 Å². The number of aromatic nitrogens is 2. The average molecular weight is 325 g/mol. The average Bonchev–Trinajstić information content (AvgIpc) is 2.86. The first-order chi connectivity index (χ1) is 10.5. The number of sulfonamides is 1. The lowest BCUT2D eigenvalue weighted by atomic mass is 10.2. The maximum absolute atomic E-state index is 13.0. The fourth-order valence-corrected chi connectivity index (χ4v) is 4.22. The van der Waals surface area contributed by atoms with Crippen molar-refractivity contribution in [1.29, 1.82) is 0 Å². The van der Waals surface area contributed by atoms with Crippen molar-refractivity contribution in [2.45, 2.75) is 30.4 Å². The lowest BCUT2D eigenvalue weighted by Gasteiger charge is -2.27. The Morgan fingerprint density at radius 2 is 2.00 bits per heavy atom. The van der Waals surface area contributed by atoms with Gasteiger partial charge in [-0.2, -0.15) is 9.40 Å². The van der Waals surface area contributed by atoms with Crippen LogP contribution in [-0.2, 0) is 23.1 Å². The number of rotatable bonds is 3. The van der Waals surface area contributed by atoms with Crippen molar-refractivity contribution in [2.24, 2.45) is 0 Å². The lowest BCUT2D eigenvalue weighted by molar-refractivity contribution is 0.178. The first-order valence-corrected chi connectivity index (χ1v) is 8.35. The van der Waals surface area contributed by atoms with E-state index in [2.05, 4.69) is 5.10 Å². The van der Waals surface area contributed by atoms with Crippen LogP contribution in [0.1, 0.15) is 12.1 Å². The van der Waals surface area contributed by atoms with Gasteiger partial charge in [0.05, 0.1) is 29.8 Å². The summed E-state index contributed by atoms with van der Waals surface area (Å²) in [5.74, 6) is -0.494. The summed E-state index contributed by atoms with van der Waals surface area (Å²) in [6.07, 6.45) is 2.09. The molecule has 3 rings (SSSR count). The molecule has 2 aromatic rings. The van der Waals surface area contributed by atoms with Gasteiger partial charge in [-0.15, -0.1) is 0 Å². The molecule has 0 fully saturated rings. The van der Waals surface area contributed by atoms with Crippen molar-refractivity contribution in [3.8, 4) is 0 Å². The third-order valence-electron chi connectivity index (χ3n) is 3.83. The summed E-state index contributed by atoms with van der Waals surface area (Å²) >= 11 is 0. The molecule has 0 bridgehead atoms. The Morgan fingerprint density at radius 1 is 1.27 bits per heavy atom. The highest BCUT2D eigenvalue weighted by molar-refractivity contribution is 7.89. The van der Waals surface area contributed by atoms with Crippen LogP contribution in [0.4, 0.5) is 4.39 Å². The second-order valence-corrected chi connectivity index (χ2v) is 7.07. The molecule has 118 valence electrons. The second-order valence-electron chi connectivity index (χ2n) is 5.17. The minimum absolute atomic E-state index is 0.0142. The fraction of sp³-hybridized carbons (Fsp3) is 0.357. The van der Waals surface area contributed by atoms with Gasteiger partial charge in [-0.05, 0) is 36.8 Å². The van der Waals surface area contributed by atoms with Crippen molar-refractivity contribution in [3.63, 3.8) is 0 Å². The molecule has 2 heterocycles. The van der Waals surface area contributed by atoms with Gasteiger partial charge in [0.25, 0.3) is 0 Å². The van der Waals surface area contributed by atoms with Crippen LogP contribution >= 0.6 is 0 Å². The smallest absolute Gasteiger partial charge is 0.243 e. The van der Waals surface area contributed by atoms with Gasteiger partial charge >= 0.3 is 0 Å². The molecule has 0 radical (unpaired) electrons. The Labute approximate surface area is 127 Å². The van der Waals surface area contributed by atoms with Crippen LogP contribution in [0.2, 0.25) is 0 Å². The molecule has 1 aromatic heterocycles. The molecular weight excluding hydrogens is 309 g/mol. The van der Waals surface area contributed by atoms with E-state index >= 15 is 0 Å². The van der Waals surface area contributed by atoms with E-state index in [-0.39, 0.29) is 18.0 Å². The van der Waals surface area contributed by atoms with Crippen LogP contribution in [0.5, 0.6) is 0 Å². The number of hydrogen-bond donors (Lipinski definition) is 1. The largest absolute Gasteiger partial charge is 0.395 e. The van der Waals surface area contributed by atoms with E-state index in [0.29, 0.717) is 13.0 Å². The van der Waals surface area contributed by atoms with Crippen molar-refractivity contribution in [2.75, 3.05) is 6.61 Å². The number of nitrogens with zero attached hydrogens (tertiary/aromatic N) is 3. The third-order valence-corrected chi connectivity index (χ3v) is 5.75. The summed E-state index contributed by atoms with van der Waals surface area (Å²) in [4.78, 5) is 0.0142. The molecule has 1 atom stereocenters. The molecule has 8 heteroatoms. The van der Waals surface area contributed by atoms with Crippen LogP contribution in [0.15, 0.2) is 41.4 Å². The van der Waals surface area contributed by atoms with Crippen LogP contribution in [0.3, 0.4) is 0 Å². The van der Waals surface area contributed by atoms with Gasteiger partial charge in [0.1, 0.15) is 5.82 Å². The quantitative estimate of drug-likeness (QED) is 0.913. The predicted octanol–water partition coefficient (Wildman–Crippen LogP) is 0.978. The molecule has 0 saturated heterocycles. The molecule has 0 spiro atoms. The number of aliphatic hydroxyl groups excluding tert-OH is 1. The molecule has 1 aliphatic heterocycles. The van der Waals surface area contributed by atoms with Gasteiger partial charge in [0.2, 0.25) is 10.0 Å². The van der Waals surface area contributed by atoms with E-state index in [9.17, 15) is 17.9 Å². The van der Waals surface area contributed by atoms with Crippen LogP contribution in [0.25, 0.3) is 0 Å². The van der Waals surface area contributed by atoms with Crippen molar-refractivity contribution < 1.29 is 17.9 Å². The lowest BCUT2D eigenvalue weighted by Crippen LogP contribution is -2.41. The number of aliphatic hydroxyl groups is 1. The van der Waals surface area contributed by atoms with Crippen LogP contribution in [0, 0.1) is 5.82 Å². The van der Waals surface area contributed by atoms with Crippen molar-refractivity contribution >= 4 is 10.0 Å². The van der Waals surface area contributed by atoms with Gasteiger partial charge in [0, 0.05) is 12.7 Å². The molecule has 1 aromatic carbocycles. The SMILES string of the molecule is O=S(=O)(c1ccc(F)cc1)N1Cc2ccnn2CC[C@@H]1CO. The number of aryl methyl sites for hydroxylation is 1. The standard InChI is InChI=1S/C14H16FN3O3S/c15-11-1-3-14(4-2-11)22(20,21)18-9-12-5-7-16-17(12)8-6-13(18)10-19/h1-5,7,13,19H,6,8-10H2/t13-/m1/s1. The van der Waals surface area contributed by atoms with Gasteiger partial charge in [-0.1, -0.05) is 0 Å². The van der Waals surface area contributed by atoms with E-state index in [1.54, 1.807) is 16.9 Å². The van der Waals surface area contributed by atoms with Gasteiger partial charge < -0.3 is 5.11 Å². The highest BCUT2D eigenvalue weighted by atomic mass is 32.2. The van der Waals surface area contributed by atoms with E-state index in [0.717, 1.165) is 17.8 Å². The topological polar surface area (TPSA) is 75.4 Å². The molecule has 1 N–H and O–H groups in total. The Bertz CT molecular complexity index is 758. The Balaban J connectivity index is 2.01. The molecule has 0 aliphatic carbocycles. The van der Waals surface area contributed by atoms with E-state index < -0.39 is 21.9 Å². The molecule has 0 amide bonds. The highest BCUT2D eigenvalue weighted by Crippen LogP contribution is 2.25. The minimum atomic E-state index is -3.82. The zero-order valence-electron chi connectivity index (χ0n) is 11.8. The van der Waals surface area contributed by atoms with Crippen LogP contribution in [-0.4, -0.2) is 40.3 Å². The van der Waals surface area contributed by atoms with Crippen LogP contribution < -0.4 is 0 Å². The monoisotopic (exact) mass is 325 g/mol. The van der Waals surface area contributed by atoms with E-state index in [1.807, 2.05) is 0 Å². The van der Waals surface area contributed by atoms with E-state index in [4.69, 9.17) is 0 Å². The third kappa shape index (κ3) is 2.65. The van der Waals surface area contributed by atoms with Gasteiger partial charge in [-0.25, -0.2) is 12.8 Å². The normalized spacial score (nSPS) is 19.6. The van der Waals surface area contributed by atoms with E-state index in [1.165, 1.54) is 16.4 Å². The van der Waals surface area contributed by atoms with Gasteiger partial charge in [-0.3, -0.25) is 4.68 Å². The summed E-state index contributed by atoms with van der Waals surface area (Å²) < 4.78 is 41.7. The summed E-state index contributed by atoms with van der Waals surface area (Å²) in [6, 6.07) is 5.93. The molecule has 0 unspecified atom stereocenters. The maximum atomic E-state index is 13.0. The van der Waals surface area contributed by atoms with Crippen molar-refractivity contribution in [3.05, 3.63) is 48.0 Å². The Hall–Kier alpha value is -1.77. The summed E-state index contributed by atoms with van der Waals surface area (Å²) in [6.45, 7) is 0.402. The summed E-state index contributed by atoms with van der Waals surface area (Å²) in [5.41, 5.74) is 0.765. The number of halogens is 1. The number of hydrogen-bond acceptors (Lipinski definition) is 4. The zero-order chi connectivity index (χ0) is 15.7. The number of benzene rings is 1. The Kier molecular flexibility index (Phi) is 3.98.